The van der Waals surface area contributed by atoms with E-state index in [0.717, 1.165) is 16.4 Å². The smallest absolute Gasteiger partial charge is 0.115 e. The number of benzene rings is 1. The first-order valence-electron chi connectivity index (χ1n) is 6.90. The van der Waals surface area contributed by atoms with Crippen LogP contribution in [0.15, 0.2) is 18.2 Å². The minimum absolute atomic E-state index is 0.639. The molecule has 2 aliphatic rings. The van der Waals surface area contributed by atoms with E-state index in [2.05, 4.69) is 32.9 Å². The van der Waals surface area contributed by atoms with E-state index in [4.69, 9.17) is 0 Å². The van der Waals surface area contributed by atoms with Crippen molar-refractivity contribution in [2.75, 3.05) is 5.32 Å². The molecule has 4 rings (SSSR count). The highest BCUT2D eigenvalue weighted by atomic mass is 15.3. The Morgan fingerprint density at radius 3 is 2.61 bits per heavy atom. The maximum Gasteiger partial charge on any atom is 0.115 e. The second kappa shape index (κ2) is 3.70. The summed E-state index contributed by atoms with van der Waals surface area (Å²) in [6.07, 6.45) is 8.41. The van der Waals surface area contributed by atoms with Crippen molar-refractivity contribution >= 4 is 16.7 Å². The van der Waals surface area contributed by atoms with E-state index in [1.807, 2.05) is 6.07 Å². The zero-order valence-corrected chi connectivity index (χ0v) is 10.4. The van der Waals surface area contributed by atoms with Gasteiger partial charge in [0.1, 0.15) is 11.0 Å². The van der Waals surface area contributed by atoms with Crippen molar-refractivity contribution < 1.29 is 0 Å². The molecule has 1 aromatic heterocycles. The van der Waals surface area contributed by atoms with E-state index in [0.29, 0.717) is 6.04 Å². The summed E-state index contributed by atoms with van der Waals surface area (Å²) < 4.78 is 0. The summed E-state index contributed by atoms with van der Waals surface area (Å²) in [5, 5.41) is 14.5. The normalized spacial score (nSPS) is 22.4. The Balaban J connectivity index is 1.47. The van der Waals surface area contributed by atoms with Crippen molar-refractivity contribution in [3.63, 3.8) is 0 Å². The van der Waals surface area contributed by atoms with Crippen molar-refractivity contribution in [1.29, 1.82) is 0 Å². The second-order valence-corrected chi connectivity index (χ2v) is 5.95. The molecule has 18 heavy (non-hydrogen) atoms. The van der Waals surface area contributed by atoms with Gasteiger partial charge in [-0.25, -0.2) is 0 Å². The molecule has 2 N–H and O–H groups in total. The van der Waals surface area contributed by atoms with Gasteiger partial charge in [-0.2, -0.15) is 15.4 Å². The van der Waals surface area contributed by atoms with Crippen LogP contribution >= 0.6 is 0 Å². The maximum atomic E-state index is 4.13. The lowest BCUT2D eigenvalue weighted by Crippen LogP contribution is -2.26. The largest absolute Gasteiger partial charge is 0.382 e. The number of nitrogens with one attached hydrogen (secondary N) is 2. The number of H-pyrrole nitrogens is 1. The van der Waals surface area contributed by atoms with Gasteiger partial charge in [-0.1, -0.05) is 0 Å². The first-order valence-corrected chi connectivity index (χ1v) is 6.90. The fourth-order valence-corrected chi connectivity index (χ4v) is 3.22. The van der Waals surface area contributed by atoms with E-state index >= 15 is 0 Å². The van der Waals surface area contributed by atoms with Gasteiger partial charge >= 0.3 is 0 Å². The highest BCUT2D eigenvalue weighted by Crippen LogP contribution is 2.56. The number of anilines is 1. The van der Waals surface area contributed by atoms with E-state index in [9.17, 15) is 0 Å². The van der Waals surface area contributed by atoms with Gasteiger partial charge in [-0.15, -0.1) is 0 Å². The monoisotopic (exact) mass is 242 g/mol. The zero-order valence-electron chi connectivity index (χ0n) is 10.4. The van der Waals surface area contributed by atoms with E-state index < -0.39 is 0 Å². The minimum atomic E-state index is 0.639. The predicted octanol–water partition coefficient (Wildman–Crippen LogP) is 3.09. The van der Waals surface area contributed by atoms with Crippen molar-refractivity contribution in [3.05, 3.63) is 18.2 Å². The lowest BCUT2D eigenvalue weighted by molar-refractivity contribution is 0.317. The van der Waals surface area contributed by atoms with Crippen LogP contribution in [0, 0.1) is 5.41 Å². The summed E-state index contributed by atoms with van der Waals surface area (Å²) in [5.41, 5.74) is 3.82. The number of aromatic amines is 1. The average molecular weight is 242 g/mol. The molecule has 0 bridgehead atoms. The molecule has 0 atom stereocenters. The first kappa shape index (κ1) is 10.4. The van der Waals surface area contributed by atoms with Gasteiger partial charge in [0.15, 0.2) is 0 Å². The van der Waals surface area contributed by atoms with E-state index in [-0.39, 0.29) is 0 Å². The Labute approximate surface area is 106 Å². The standard InChI is InChI=1S/C14H18N4/c1-2-12-13(17-18-16-12)9-11(1)15-10-3-5-14(6-4-10)7-8-14/h1-2,9-10,15H,3-8H2,(H,16,17,18). The van der Waals surface area contributed by atoms with Gasteiger partial charge < -0.3 is 5.32 Å². The van der Waals surface area contributed by atoms with Gasteiger partial charge in [0, 0.05) is 11.7 Å². The summed E-state index contributed by atoms with van der Waals surface area (Å²) >= 11 is 0. The summed E-state index contributed by atoms with van der Waals surface area (Å²) in [4.78, 5) is 0. The number of aromatic nitrogens is 3. The summed E-state index contributed by atoms with van der Waals surface area (Å²) in [5.74, 6) is 0. The van der Waals surface area contributed by atoms with Crippen LogP contribution in [0.5, 0.6) is 0 Å². The van der Waals surface area contributed by atoms with E-state index in [1.54, 1.807) is 0 Å². The molecular weight excluding hydrogens is 224 g/mol. The molecule has 2 aliphatic carbocycles. The van der Waals surface area contributed by atoms with Crippen LogP contribution in [0.1, 0.15) is 38.5 Å². The Bertz CT molecular complexity index is 560. The highest BCUT2D eigenvalue weighted by Gasteiger charge is 2.44. The third-order valence-corrected chi connectivity index (χ3v) is 4.69. The number of nitrogens with zero attached hydrogens (tertiary/aromatic N) is 2. The maximum absolute atomic E-state index is 4.13. The summed E-state index contributed by atoms with van der Waals surface area (Å²) in [6, 6.07) is 6.85. The Morgan fingerprint density at radius 2 is 1.83 bits per heavy atom. The van der Waals surface area contributed by atoms with Crippen LogP contribution in [0.4, 0.5) is 5.69 Å². The van der Waals surface area contributed by atoms with Crippen LogP contribution in [0.25, 0.3) is 11.0 Å². The molecule has 0 amide bonds. The molecule has 0 aliphatic heterocycles. The molecule has 4 heteroatoms. The molecule has 0 saturated heterocycles. The van der Waals surface area contributed by atoms with Crippen molar-refractivity contribution in [2.24, 2.45) is 5.41 Å². The molecular formula is C14H18N4. The number of hydrogen-bond acceptors (Lipinski definition) is 3. The van der Waals surface area contributed by atoms with Crippen molar-refractivity contribution in [3.8, 4) is 0 Å². The fraction of sp³-hybridized carbons (Fsp3) is 0.571. The average Bonchev–Trinajstić information content (AvgIpc) is 2.98. The molecule has 2 saturated carbocycles. The zero-order chi connectivity index (χ0) is 12.0. The van der Waals surface area contributed by atoms with Crippen LogP contribution in [0.3, 0.4) is 0 Å². The molecule has 0 radical (unpaired) electrons. The molecule has 0 unspecified atom stereocenters. The molecule has 1 aromatic carbocycles. The third kappa shape index (κ3) is 1.76. The number of fused-ring (bicyclic) bond motifs is 1. The molecule has 1 heterocycles. The quantitative estimate of drug-likeness (QED) is 0.850. The third-order valence-electron chi connectivity index (χ3n) is 4.69. The van der Waals surface area contributed by atoms with Crippen LogP contribution < -0.4 is 5.32 Å². The second-order valence-electron chi connectivity index (χ2n) is 5.95. The predicted molar refractivity (Wildman–Crippen MR) is 71.4 cm³/mol. The number of rotatable bonds is 2. The highest BCUT2D eigenvalue weighted by molar-refractivity contribution is 5.77. The Kier molecular flexibility index (Phi) is 2.13. The Hall–Kier alpha value is -1.58. The first-order chi connectivity index (χ1) is 8.83. The summed E-state index contributed by atoms with van der Waals surface area (Å²) in [6.45, 7) is 0. The van der Waals surface area contributed by atoms with Crippen LogP contribution in [0.2, 0.25) is 0 Å². The molecule has 1 spiro atoms. The SMILES string of the molecule is c1cc2n[nH]nc2cc1NC1CCC2(CC1)CC2. The fourth-order valence-electron chi connectivity index (χ4n) is 3.22. The van der Waals surface area contributed by atoms with Gasteiger partial charge in [-0.05, 0) is 62.1 Å². The van der Waals surface area contributed by atoms with Gasteiger partial charge in [-0.3, -0.25) is 0 Å². The minimum Gasteiger partial charge on any atom is -0.382 e. The lowest BCUT2D eigenvalue weighted by Gasteiger charge is -2.29. The van der Waals surface area contributed by atoms with Gasteiger partial charge in [0.05, 0.1) is 0 Å². The van der Waals surface area contributed by atoms with Crippen LogP contribution in [-0.2, 0) is 0 Å². The van der Waals surface area contributed by atoms with E-state index in [1.165, 1.54) is 44.2 Å². The number of hydrogen-bond donors (Lipinski definition) is 2. The molecule has 2 fully saturated rings. The molecule has 94 valence electrons. The topological polar surface area (TPSA) is 53.6 Å². The van der Waals surface area contributed by atoms with Crippen molar-refractivity contribution in [2.45, 2.75) is 44.6 Å². The molecule has 2 aromatic rings. The van der Waals surface area contributed by atoms with Crippen molar-refractivity contribution in [1.82, 2.24) is 15.4 Å². The van der Waals surface area contributed by atoms with Gasteiger partial charge in [0.25, 0.3) is 0 Å². The summed E-state index contributed by atoms with van der Waals surface area (Å²) in [7, 11) is 0. The molecule has 4 nitrogen and oxygen atoms in total. The Morgan fingerprint density at radius 1 is 1.06 bits per heavy atom. The van der Waals surface area contributed by atoms with Gasteiger partial charge in [0.2, 0.25) is 0 Å². The van der Waals surface area contributed by atoms with Crippen LogP contribution in [-0.4, -0.2) is 21.5 Å². The lowest BCUT2D eigenvalue weighted by atomic mass is 9.83.